The molecule has 0 bridgehead atoms. The van der Waals surface area contributed by atoms with Gasteiger partial charge in [0, 0.05) is 105 Å². The van der Waals surface area contributed by atoms with E-state index in [1.165, 1.54) is 9.80 Å². The summed E-state index contributed by atoms with van der Waals surface area (Å²) in [6.07, 6.45) is 0.628. The molecule has 0 N–H and O–H groups in total. The Morgan fingerprint density at radius 1 is 0.622 bits per heavy atom. The molecule has 0 saturated carbocycles. The number of hydrogen-bond donors (Lipinski definition) is 0. The van der Waals surface area contributed by atoms with Crippen molar-refractivity contribution in [1.29, 1.82) is 0 Å². The van der Waals surface area contributed by atoms with Crippen LogP contribution < -0.4 is 9.80 Å². The molecule has 6 rings (SSSR count). The summed E-state index contributed by atoms with van der Waals surface area (Å²) >= 11 is 12.3. The van der Waals surface area contributed by atoms with Gasteiger partial charge >= 0.3 is 0 Å². The Kier molecular flexibility index (Phi) is 5.52. The number of hydrogen-bond acceptors (Lipinski definition) is 6. The largest absolute Gasteiger partial charge is 0.368 e. The predicted octanol–water partition coefficient (Wildman–Crippen LogP) is 5.42. The Hall–Kier alpha value is -2.64. The second kappa shape index (κ2) is 11.0. The minimum Gasteiger partial charge on any atom is -0.368 e. The Balaban J connectivity index is 1.14. The number of fused-ring (bicyclic) bond motifs is 2. The van der Waals surface area contributed by atoms with Crippen LogP contribution in [0.25, 0.3) is 21.8 Å². The van der Waals surface area contributed by atoms with Crippen LogP contribution in [0.3, 0.4) is 0 Å². The van der Waals surface area contributed by atoms with Gasteiger partial charge in [-0.2, -0.15) is 0 Å². The number of halogens is 2. The van der Waals surface area contributed by atoms with Gasteiger partial charge < -0.3 is 9.80 Å². The van der Waals surface area contributed by atoms with E-state index in [1.54, 1.807) is 24.5 Å². The maximum absolute atomic E-state index is 8.88. The molecule has 2 aliphatic rings. The number of nitrogens with zero attached hydrogens (tertiary/aromatic N) is 6. The summed E-state index contributed by atoms with van der Waals surface area (Å²) in [5.74, 6) is 0. The predicted molar refractivity (Wildman–Crippen MR) is 155 cm³/mol. The van der Waals surface area contributed by atoms with Crippen LogP contribution in [0.5, 0.6) is 0 Å². The summed E-state index contributed by atoms with van der Waals surface area (Å²) < 4.78 is 53.2. The Bertz CT molecular complexity index is 1520. The second-order valence-corrected chi connectivity index (χ2v) is 10.2. The summed E-state index contributed by atoms with van der Waals surface area (Å²) in [5, 5.41) is 3.09. The van der Waals surface area contributed by atoms with Crippen molar-refractivity contribution in [3.05, 3.63) is 71.0 Å². The van der Waals surface area contributed by atoms with Gasteiger partial charge in [-0.1, -0.05) is 23.2 Å². The number of aromatic nitrogens is 2. The average molecular weight is 542 g/mol. The molecule has 0 spiro atoms. The zero-order valence-corrected chi connectivity index (χ0v) is 21.9. The van der Waals surface area contributed by atoms with E-state index in [9.17, 15) is 0 Å². The lowest BCUT2D eigenvalue weighted by Gasteiger charge is -2.38. The molecular weight excluding hydrogens is 503 g/mol. The molecule has 4 aromatic rings. The van der Waals surface area contributed by atoms with Crippen LogP contribution in [-0.2, 0) is 0 Å². The summed E-state index contributed by atoms with van der Waals surface area (Å²) in [5.41, 5.74) is 3.47. The molecule has 192 valence electrons. The monoisotopic (exact) mass is 540 g/mol. The maximum Gasteiger partial charge on any atom is 0.0737 e. The molecule has 2 aliphatic heterocycles. The van der Waals surface area contributed by atoms with Gasteiger partial charge in [0.25, 0.3) is 0 Å². The number of benzene rings is 2. The van der Waals surface area contributed by atoms with Crippen LogP contribution >= 0.6 is 23.2 Å². The van der Waals surface area contributed by atoms with Crippen LogP contribution in [0.2, 0.25) is 10.0 Å². The molecule has 8 heteroatoms. The minimum absolute atomic E-state index is 0.243. The van der Waals surface area contributed by atoms with Gasteiger partial charge in [0.2, 0.25) is 0 Å². The first-order valence-corrected chi connectivity index (χ1v) is 13.2. The van der Waals surface area contributed by atoms with Crippen LogP contribution in [0.15, 0.2) is 60.9 Å². The molecule has 2 saturated heterocycles. The molecular formula is C29H32Cl2N6. The molecule has 0 radical (unpaired) electrons. The molecule has 37 heavy (non-hydrogen) atoms. The van der Waals surface area contributed by atoms with Crippen molar-refractivity contribution in [2.75, 3.05) is 75.2 Å². The topological polar surface area (TPSA) is 38.7 Å². The van der Waals surface area contributed by atoms with Gasteiger partial charge in [-0.25, -0.2) is 0 Å². The van der Waals surface area contributed by atoms with Gasteiger partial charge in [-0.05, 0) is 67.9 Å². The smallest absolute Gasteiger partial charge is 0.0737 e. The van der Waals surface area contributed by atoms with E-state index in [2.05, 4.69) is 19.8 Å². The first kappa shape index (κ1) is 18.6. The Morgan fingerprint density at radius 2 is 1.05 bits per heavy atom. The van der Waals surface area contributed by atoms with E-state index in [1.807, 2.05) is 36.4 Å². The maximum atomic E-state index is 8.88. The zero-order chi connectivity index (χ0) is 30.6. The molecule has 2 aromatic heterocycles. The zero-order valence-electron chi connectivity index (χ0n) is 26.4. The number of piperazine rings is 2. The summed E-state index contributed by atoms with van der Waals surface area (Å²) in [7, 11) is 0. The summed E-state index contributed by atoms with van der Waals surface area (Å²) in [4.78, 5) is 15.9. The van der Waals surface area contributed by atoms with Gasteiger partial charge in [0.05, 0.1) is 11.0 Å². The number of rotatable bonds is 6. The van der Waals surface area contributed by atoms with Crippen molar-refractivity contribution in [3.8, 4) is 0 Å². The molecule has 0 unspecified atom stereocenters. The third-order valence-electron chi connectivity index (χ3n) is 7.03. The normalized spacial score (nSPS) is 21.2. The van der Waals surface area contributed by atoms with E-state index < -0.39 is 19.4 Å². The van der Waals surface area contributed by atoms with E-state index in [0.29, 0.717) is 36.2 Å². The number of anilines is 2. The fourth-order valence-electron chi connectivity index (χ4n) is 5.07. The van der Waals surface area contributed by atoms with Crippen molar-refractivity contribution in [2.45, 2.75) is 6.37 Å². The van der Waals surface area contributed by atoms with E-state index in [0.717, 1.165) is 33.2 Å². The highest BCUT2D eigenvalue weighted by Crippen LogP contribution is 2.29. The SMILES string of the molecule is [2H]C([2H])(N1CCN(c2ccnc3cc(Cl)ccc23)CC1)C([2H])([2H])C([2H])([2H])N1CCN(c2ccnc3cc(Cl)ccc23)CC1. The minimum atomic E-state index is -2.81. The highest BCUT2D eigenvalue weighted by atomic mass is 35.5. The van der Waals surface area contributed by atoms with Gasteiger partial charge in [-0.3, -0.25) is 19.8 Å². The highest BCUT2D eigenvalue weighted by molar-refractivity contribution is 6.31. The van der Waals surface area contributed by atoms with Gasteiger partial charge in [0.15, 0.2) is 0 Å². The van der Waals surface area contributed by atoms with Crippen molar-refractivity contribution >= 4 is 56.4 Å². The van der Waals surface area contributed by atoms with Crippen molar-refractivity contribution < 1.29 is 8.22 Å². The van der Waals surface area contributed by atoms with E-state index in [-0.39, 0.29) is 26.2 Å². The van der Waals surface area contributed by atoms with Crippen molar-refractivity contribution in [1.82, 2.24) is 19.8 Å². The van der Waals surface area contributed by atoms with Crippen molar-refractivity contribution in [3.63, 3.8) is 0 Å². The molecule has 0 aliphatic carbocycles. The van der Waals surface area contributed by atoms with Gasteiger partial charge in [-0.15, -0.1) is 0 Å². The fourth-order valence-corrected chi connectivity index (χ4v) is 5.40. The summed E-state index contributed by atoms with van der Waals surface area (Å²) in [6.45, 7) is -2.27. The lowest BCUT2D eigenvalue weighted by molar-refractivity contribution is 0.213. The standard InChI is InChI=1S/C29H32Cl2N6/c30-22-2-4-24-26(20-22)32-8-6-28(24)36-16-12-34(13-17-36)10-1-11-35-14-18-37(19-15-35)29-7-9-33-27-21-23(31)3-5-25(27)29/h2-9,20-21H,1,10-19H2/i1D2,10D2,11D2. The lowest BCUT2D eigenvalue weighted by atomic mass is 10.1. The molecule has 2 aromatic carbocycles. The molecule has 4 heterocycles. The fraction of sp³-hybridized carbons (Fsp3) is 0.379. The molecule has 0 atom stereocenters. The third-order valence-corrected chi connectivity index (χ3v) is 7.50. The number of pyridine rings is 2. The Morgan fingerprint density at radius 3 is 1.49 bits per heavy atom. The second-order valence-electron chi connectivity index (χ2n) is 9.28. The van der Waals surface area contributed by atoms with Crippen LogP contribution in [0, 0.1) is 0 Å². The third kappa shape index (κ3) is 5.48. The van der Waals surface area contributed by atoms with Gasteiger partial charge in [0.1, 0.15) is 0 Å². The first-order chi connectivity index (χ1) is 20.4. The summed E-state index contributed by atoms with van der Waals surface area (Å²) in [6, 6.07) is 14.9. The Labute approximate surface area is 236 Å². The first-order valence-electron chi connectivity index (χ1n) is 15.5. The van der Waals surface area contributed by atoms with E-state index in [4.69, 9.17) is 31.4 Å². The molecule has 0 amide bonds. The quantitative estimate of drug-likeness (QED) is 0.325. The van der Waals surface area contributed by atoms with Crippen LogP contribution in [0.1, 0.15) is 14.6 Å². The van der Waals surface area contributed by atoms with Crippen LogP contribution in [-0.4, -0.2) is 85.1 Å². The van der Waals surface area contributed by atoms with E-state index >= 15 is 0 Å². The average Bonchev–Trinajstić information content (AvgIpc) is 3.00. The lowest BCUT2D eigenvalue weighted by Crippen LogP contribution is -2.48. The molecule has 6 nitrogen and oxygen atoms in total. The van der Waals surface area contributed by atoms with Crippen LogP contribution in [0.4, 0.5) is 11.4 Å². The van der Waals surface area contributed by atoms with Crippen molar-refractivity contribution in [2.24, 2.45) is 0 Å². The molecule has 2 fully saturated rings. The highest BCUT2D eigenvalue weighted by Gasteiger charge is 2.21.